The van der Waals surface area contributed by atoms with Gasteiger partial charge in [-0.15, -0.1) is 0 Å². The molecule has 1 aliphatic carbocycles. The Morgan fingerprint density at radius 3 is 2.87 bits per heavy atom. The minimum atomic E-state index is -0.0328. The molecule has 0 heterocycles. The van der Waals surface area contributed by atoms with Gasteiger partial charge < -0.3 is 15.8 Å². The van der Waals surface area contributed by atoms with Crippen LogP contribution in [0.5, 0.6) is 0 Å². The predicted molar refractivity (Wildman–Crippen MR) is 59.5 cm³/mol. The quantitative estimate of drug-likeness (QED) is 0.711. The number of nitrogens with two attached hydrogens (primary N) is 1. The number of carbonyl (C=O) groups is 1. The average molecular weight is 214 g/mol. The normalized spacial score (nSPS) is 26.3. The minimum Gasteiger partial charge on any atom is -0.367 e. The molecule has 15 heavy (non-hydrogen) atoms. The summed E-state index contributed by atoms with van der Waals surface area (Å²) in [5.74, 6) is -0.0328. The highest BCUT2D eigenvalue weighted by atomic mass is 16.5. The van der Waals surface area contributed by atoms with Gasteiger partial charge in [0, 0.05) is 12.6 Å². The van der Waals surface area contributed by atoms with Crippen LogP contribution in [-0.4, -0.2) is 31.2 Å². The molecule has 2 unspecified atom stereocenters. The molecular weight excluding hydrogens is 192 g/mol. The molecule has 4 heteroatoms. The molecule has 0 aromatic carbocycles. The largest absolute Gasteiger partial charge is 0.367 e. The van der Waals surface area contributed by atoms with Gasteiger partial charge in [0.2, 0.25) is 5.91 Å². The second-order valence-electron chi connectivity index (χ2n) is 4.15. The Balaban J connectivity index is 2.14. The second-order valence-corrected chi connectivity index (χ2v) is 4.15. The van der Waals surface area contributed by atoms with Gasteiger partial charge in [-0.2, -0.15) is 0 Å². The van der Waals surface area contributed by atoms with E-state index >= 15 is 0 Å². The molecule has 1 fully saturated rings. The Morgan fingerprint density at radius 2 is 2.20 bits per heavy atom. The monoisotopic (exact) mass is 214 g/mol. The Bertz CT molecular complexity index is 197. The lowest BCUT2D eigenvalue weighted by molar-refractivity contribution is -0.128. The van der Waals surface area contributed by atoms with E-state index in [2.05, 4.69) is 5.32 Å². The van der Waals surface area contributed by atoms with E-state index in [0.29, 0.717) is 0 Å². The number of hydrogen-bond donors (Lipinski definition) is 2. The fraction of sp³-hybridized carbons (Fsp3) is 0.909. The molecule has 0 aromatic rings. The summed E-state index contributed by atoms with van der Waals surface area (Å²) in [5.41, 5.74) is 5.91. The summed E-state index contributed by atoms with van der Waals surface area (Å²) in [6.07, 6.45) is 5.38. The molecule has 0 aliphatic heterocycles. The molecule has 1 rings (SSSR count). The average Bonchev–Trinajstić information content (AvgIpc) is 2.25. The first kappa shape index (κ1) is 12.5. The van der Waals surface area contributed by atoms with Gasteiger partial charge in [-0.3, -0.25) is 4.79 Å². The van der Waals surface area contributed by atoms with E-state index in [-0.39, 0.29) is 24.7 Å². The summed E-state index contributed by atoms with van der Waals surface area (Å²) in [5, 5.41) is 2.78. The Labute approximate surface area is 91.5 Å². The zero-order chi connectivity index (χ0) is 11.1. The minimum absolute atomic E-state index is 0.0328. The Hall–Kier alpha value is -0.610. The summed E-state index contributed by atoms with van der Waals surface area (Å²) in [4.78, 5) is 11.3. The SMILES string of the molecule is CCCNC(=O)COC1CCCCC1N. The molecule has 4 nitrogen and oxygen atoms in total. The molecule has 0 bridgehead atoms. The summed E-state index contributed by atoms with van der Waals surface area (Å²) in [6, 6.07) is 0.109. The van der Waals surface area contributed by atoms with Crippen molar-refractivity contribution in [1.82, 2.24) is 5.32 Å². The second kappa shape index (κ2) is 6.80. The van der Waals surface area contributed by atoms with Gasteiger partial charge >= 0.3 is 0 Å². The number of carbonyl (C=O) groups excluding carboxylic acids is 1. The maximum atomic E-state index is 11.3. The van der Waals surface area contributed by atoms with Gasteiger partial charge in [0.25, 0.3) is 0 Å². The van der Waals surface area contributed by atoms with Crippen LogP contribution in [0.4, 0.5) is 0 Å². The van der Waals surface area contributed by atoms with E-state index < -0.39 is 0 Å². The molecule has 1 aliphatic rings. The van der Waals surface area contributed by atoms with Crippen molar-refractivity contribution < 1.29 is 9.53 Å². The molecule has 88 valence electrons. The molecule has 1 amide bonds. The topological polar surface area (TPSA) is 64.3 Å². The fourth-order valence-corrected chi connectivity index (χ4v) is 1.83. The lowest BCUT2D eigenvalue weighted by Gasteiger charge is -2.28. The smallest absolute Gasteiger partial charge is 0.246 e. The number of rotatable bonds is 5. The van der Waals surface area contributed by atoms with E-state index in [4.69, 9.17) is 10.5 Å². The van der Waals surface area contributed by atoms with Crippen molar-refractivity contribution in [2.24, 2.45) is 5.73 Å². The molecule has 0 saturated heterocycles. The molecule has 0 radical (unpaired) electrons. The van der Waals surface area contributed by atoms with Crippen LogP contribution >= 0.6 is 0 Å². The van der Waals surface area contributed by atoms with E-state index in [0.717, 1.165) is 32.2 Å². The maximum Gasteiger partial charge on any atom is 0.246 e. The zero-order valence-electron chi connectivity index (χ0n) is 9.50. The van der Waals surface area contributed by atoms with Crippen LogP contribution in [0.2, 0.25) is 0 Å². The van der Waals surface area contributed by atoms with E-state index in [1.165, 1.54) is 6.42 Å². The number of ether oxygens (including phenoxy) is 1. The van der Waals surface area contributed by atoms with Crippen molar-refractivity contribution in [3.05, 3.63) is 0 Å². The van der Waals surface area contributed by atoms with Crippen molar-refractivity contribution in [3.8, 4) is 0 Å². The molecule has 0 aromatic heterocycles. The van der Waals surface area contributed by atoms with Crippen LogP contribution in [0.15, 0.2) is 0 Å². The van der Waals surface area contributed by atoms with E-state index in [1.54, 1.807) is 0 Å². The van der Waals surface area contributed by atoms with Gasteiger partial charge in [-0.1, -0.05) is 19.8 Å². The summed E-state index contributed by atoms with van der Waals surface area (Å²) >= 11 is 0. The van der Waals surface area contributed by atoms with Crippen LogP contribution in [0, 0.1) is 0 Å². The van der Waals surface area contributed by atoms with Gasteiger partial charge in [-0.05, 0) is 19.3 Å². The Kier molecular flexibility index (Phi) is 5.65. The van der Waals surface area contributed by atoms with Crippen LogP contribution in [-0.2, 0) is 9.53 Å². The zero-order valence-corrected chi connectivity index (χ0v) is 9.50. The maximum absolute atomic E-state index is 11.3. The van der Waals surface area contributed by atoms with E-state index in [1.807, 2.05) is 6.92 Å². The van der Waals surface area contributed by atoms with Crippen molar-refractivity contribution >= 4 is 5.91 Å². The molecule has 2 atom stereocenters. The highest BCUT2D eigenvalue weighted by Crippen LogP contribution is 2.19. The van der Waals surface area contributed by atoms with Gasteiger partial charge in [0.15, 0.2) is 0 Å². The van der Waals surface area contributed by atoms with Crippen molar-refractivity contribution in [1.29, 1.82) is 0 Å². The van der Waals surface area contributed by atoms with E-state index in [9.17, 15) is 4.79 Å². The molecule has 0 spiro atoms. The van der Waals surface area contributed by atoms with Crippen molar-refractivity contribution in [2.75, 3.05) is 13.2 Å². The standard InChI is InChI=1S/C11H22N2O2/c1-2-7-13-11(14)8-15-10-6-4-3-5-9(10)12/h9-10H,2-8,12H2,1H3,(H,13,14). The van der Waals surface area contributed by atoms with Crippen LogP contribution < -0.4 is 11.1 Å². The molecule has 1 saturated carbocycles. The van der Waals surface area contributed by atoms with Crippen LogP contribution in [0.25, 0.3) is 0 Å². The first-order valence-electron chi connectivity index (χ1n) is 5.88. The third kappa shape index (κ3) is 4.62. The number of nitrogens with one attached hydrogen (secondary N) is 1. The molecule has 3 N–H and O–H groups in total. The van der Waals surface area contributed by atoms with Gasteiger partial charge in [0.05, 0.1) is 6.10 Å². The fourth-order valence-electron chi connectivity index (χ4n) is 1.83. The Morgan fingerprint density at radius 1 is 1.47 bits per heavy atom. The van der Waals surface area contributed by atoms with Gasteiger partial charge in [0.1, 0.15) is 6.61 Å². The first-order valence-corrected chi connectivity index (χ1v) is 5.88. The highest BCUT2D eigenvalue weighted by Gasteiger charge is 2.22. The highest BCUT2D eigenvalue weighted by molar-refractivity contribution is 5.77. The van der Waals surface area contributed by atoms with Crippen molar-refractivity contribution in [2.45, 2.75) is 51.2 Å². The summed E-state index contributed by atoms with van der Waals surface area (Å²) in [6.45, 7) is 2.90. The van der Waals surface area contributed by atoms with Crippen LogP contribution in [0.3, 0.4) is 0 Å². The van der Waals surface area contributed by atoms with Crippen LogP contribution in [0.1, 0.15) is 39.0 Å². The number of hydrogen-bond acceptors (Lipinski definition) is 3. The lowest BCUT2D eigenvalue weighted by Crippen LogP contribution is -2.41. The van der Waals surface area contributed by atoms with Gasteiger partial charge in [-0.25, -0.2) is 0 Å². The third-order valence-electron chi connectivity index (χ3n) is 2.75. The first-order chi connectivity index (χ1) is 7.24. The summed E-state index contributed by atoms with van der Waals surface area (Å²) in [7, 11) is 0. The van der Waals surface area contributed by atoms with Crippen molar-refractivity contribution in [3.63, 3.8) is 0 Å². The molecular formula is C11H22N2O2. The predicted octanol–water partition coefficient (Wildman–Crippen LogP) is 0.799. The summed E-state index contributed by atoms with van der Waals surface area (Å²) < 4.78 is 5.52. The lowest BCUT2D eigenvalue weighted by atomic mass is 9.93. The number of amides is 1. The third-order valence-corrected chi connectivity index (χ3v) is 2.75.